The number of nitrogens with one attached hydrogen (secondary N) is 1. The number of para-hydroxylation sites is 1. The third-order valence-corrected chi connectivity index (χ3v) is 3.73. The Labute approximate surface area is 123 Å². The van der Waals surface area contributed by atoms with Crippen LogP contribution in [0.3, 0.4) is 0 Å². The average molecular weight is 282 g/mol. The lowest BCUT2D eigenvalue weighted by molar-refractivity contribution is -0.120. The largest absolute Gasteiger partial charge is 0.379 e. The highest BCUT2D eigenvalue weighted by Gasteiger charge is 2.31. The van der Waals surface area contributed by atoms with Crippen molar-refractivity contribution in [2.75, 3.05) is 18.5 Å². The summed E-state index contributed by atoms with van der Waals surface area (Å²) in [6.45, 7) is 0.832. The first-order valence-electron chi connectivity index (χ1n) is 7.04. The van der Waals surface area contributed by atoms with Crippen LogP contribution in [-0.2, 0) is 9.53 Å². The maximum absolute atomic E-state index is 12.3. The zero-order valence-corrected chi connectivity index (χ0v) is 11.7. The van der Waals surface area contributed by atoms with E-state index in [0.717, 1.165) is 16.8 Å². The van der Waals surface area contributed by atoms with E-state index in [1.54, 1.807) is 0 Å². The molecule has 1 aliphatic heterocycles. The highest BCUT2D eigenvalue weighted by atomic mass is 16.5. The Bertz CT molecular complexity index is 628. The van der Waals surface area contributed by atoms with Gasteiger partial charge in [-0.25, -0.2) is 0 Å². The van der Waals surface area contributed by atoms with Gasteiger partial charge in [-0.1, -0.05) is 48.5 Å². The fourth-order valence-corrected chi connectivity index (χ4v) is 2.53. The average Bonchev–Trinajstić information content (AvgIpc) is 2.95. The summed E-state index contributed by atoms with van der Waals surface area (Å²) in [5, 5.41) is 2.98. The molecule has 1 amide bonds. The van der Waals surface area contributed by atoms with Crippen LogP contribution in [0.1, 0.15) is 0 Å². The summed E-state index contributed by atoms with van der Waals surface area (Å²) >= 11 is 0. The molecule has 2 aromatic carbocycles. The van der Waals surface area contributed by atoms with E-state index in [1.165, 1.54) is 0 Å². The lowest BCUT2D eigenvalue weighted by Crippen LogP contribution is -2.37. The van der Waals surface area contributed by atoms with Crippen molar-refractivity contribution >= 4 is 11.6 Å². The molecule has 0 saturated carbocycles. The third-order valence-electron chi connectivity index (χ3n) is 3.73. The third kappa shape index (κ3) is 2.96. The van der Waals surface area contributed by atoms with Crippen molar-refractivity contribution in [2.45, 2.75) is 6.04 Å². The van der Waals surface area contributed by atoms with E-state index in [2.05, 4.69) is 5.32 Å². The van der Waals surface area contributed by atoms with Gasteiger partial charge in [0.15, 0.2) is 0 Å². The molecule has 2 unspecified atom stereocenters. The molecule has 1 saturated heterocycles. The Hall–Kier alpha value is -2.17. The van der Waals surface area contributed by atoms with E-state index in [-0.39, 0.29) is 17.9 Å². The number of nitrogens with two attached hydrogens (primary N) is 1. The Balaban J connectivity index is 1.85. The molecule has 3 N–H and O–H groups in total. The van der Waals surface area contributed by atoms with Crippen molar-refractivity contribution in [3.05, 3.63) is 54.6 Å². The Morgan fingerprint density at radius 2 is 1.76 bits per heavy atom. The molecule has 3 rings (SSSR count). The number of amides is 1. The van der Waals surface area contributed by atoms with Crippen LogP contribution < -0.4 is 11.1 Å². The minimum Gasteiger partial charge on any atom is -0.379 e. The van der Waals surface area contributed by atoms with E-state index < -0.39 is 0 Å². The summed E-state index contributed by atoms with van der Waals surface area (Å²) in [6, 6.07) is 17.5. The fourth-order valence-electron chi connectivity index (χ4n) is 2.53. The van der Waals surface area contributed by atoms with E-state index in [9.17, 15) is 4.79 Å². The first kappa shape index (κ1) is 13.8. The molecule has 1 aliphatic rings. The molecule has 0 radical (unpaired) electrons. The van der Waals surface area contributed by atoms with Crippen molar-refractivity contribution in [1.82, 2.24) is 0 Å². The minimum absolute atomic E-state index is 0.0802. The van der Waals surface area contributed by atoms with Gasteiger partial charge in [-0.15, -0.1) is 0 Å². The van der Waals surface area contributed by atoms with Gasteiger partial charge in [0.2, 0.25) is 5.91 Å². The predicted molar refractivity (Wildman–Crippen MR) is 82.8 cm³/mol. The van der Waals surface area contributed by atoms with Crippen molar-refractivity contribution in [3.63, 3.8) is 0 Å². The van der Waals surface area contributed by atoms with Crippen LogP contribution in [0.4, 0.5) is 5.69 Å². The highest BCUT2D eigenvalue weighted by Crippen LogP contribution is 2.28. The summed E-state index contributed by atoms with van der Waals surface area (Å²) in [6.07, 6.45) is 0. The van der Waals surface area contributed by atoms with Crippen LogP contribution >= 0.6 is 0 Å². The number of anilines is 1. The van der Waals surface area contributed by atoms with Crippen molar-refractivity contribution in [1.29, 1.82) is 0 Å². The molecule has 4 heteroatoms. The second-order valence-corrected chi connectivity index (χ2v) is 5.21. The van der Waals surface area contributed by atoms with Crippen LogP contribution in [0.25, 0.3) is 11.1 Å². The molecular weight excluding hydrogens is 264 g/mol. The summed E-state index contributed by atoms with van der Waals surface area (Å²) in [4.78, 5) is 12.3. The maximum atomic E-state index is 12.3. The monoisotopic (exact) mass is 282 g/mol. The minimum atomic E-state index is -0.283. The van der Waals surface area contributed by atoms with E-state index in [4.69, 9.17) is 10.5 Å². The van der Waals surface area contributed by atoms with E-state index in [1.807, 2.05) is 54.6 Å². The Kier molecular flexibility index (Phi) is 3.99. The van der Waals surface area contributed by atoms with Gasteiger partial charge in [0.25, 0.3) is 0 Å². The van der Waals surface area contributed by atoms with Gasteiger partial charge in [-0.05, 0) is 11.6 Å². The molecule has 0 aliphatic carbocycles. The van der Waals surface area contributed by atoms with Gasteiger partial charge in [0, 0.05) is 17.3 Å². The molecule has 2 aromatic rings. The summed E-state index contributed by atoms with van der Waals surface area (Å²) in [7, 11) is 0. The number of hydrogen-bond donors (Lipinski definition) is 2. The van der Waals surface area contributed by atoms with Gasteiger partial charge >= 0.3 is 0 Å². The number of hydrogen-bond acceptors (Lipinski definition) is 3. The molecule has 0 aromatic heterocycles. The first-order chi connectivity index (χ1) is 10.3. The van der Waals surface area contributed by atoms with Crippen molar-refractivity contribution < 1.29 is 9.53 Å². The zero-order chi connectivity index (χ0) is 14.7. The normalized spacial score (nSPS) is 21.2. The van der Waals surface area contributed by atoms with Gasteiger partial charge < -0.3 is 15.8 Å². The SMILES string of the molecule is NC1COCC1C(=O)Nc1ccccc1-c1ccccc1. The molecule has 0 bridgehead atoms. The molecule has 1 heterocycles. The molecule has 4 nitrogen and oxygen atoms in total. The van der Waals surface area contributed by atoms with Crippen molar-refractivity contribution in [3.8, 4) is 11.1 Å². The molecule has 1 fully saturated rings. The van der Waals surface area contributed by atoms with E-state index >= 15 is 0 Å². The molecule has 0 spiro atoms. The smallest absolute Gasteiger partial charge is 0.231 e. The second-order valence-electron chi connectivity index (χ2n) is 5.21. The van der Waals surface area contributed by atoms with Gasteiger partial charge in [0.1, 0.15) is 0 Å². The molecule has 21 heavy (non-hydrogen) atoms. The first-order valence-corrected chi connectivity index (χ1v) is 7.04. The summed E-state index contributed by atoms with van der Waals surface area (Å²) in [5.74, 6) is -0.364. The standard InChI is InChI=1S/C17H18N2O2/c18-15-11-21-10-14(15)17(20)19-16-9-5-4-8-13(16)12-6-2-1-3-7-12/h1-9,14-15H,10-11,18H2,(H,19,20). The van der Waals surface area contributed by atoms with Gasteiger partial charge in [-0.2, -0.15) is 0 Å². The Morgan fingerprint density at radius 3 is 2.48 bits per heavy atom. The topological polar surface area (TPSA) is 64.3 Å². The van der Waals surface area contributed by atoms with Gasteiger partial charge in [-0.3, -0.25) is 4.79 Å². The fraction of sp³-hybridized carbons (Fsp3) is 0.235. The van der Waals surface area contributed by atoms with Crippen molar-refractivity contribution in [2.24, 2.45) is 11.7 Å². The zero-order valence-electron chi connectivity index (χ0n) is 11.7. The predicted octanol–water partition coefficient (Wildman–Crippen LogP) is 2.27. The summed E-state index contributed by atoms with van der Waals surface area (Å²) < 4.78 is 5.26. The Morgan fingerprint density at radius 1 is 1.05 bits per heavy atom. The van der Waals surface area contributed by atoms with Crippen LogP contribution in [0, 0.1) is 5.92 Å². The maximum Gasteiger partial charge on any atom is 0.231 e. The molecular formula is C17H18N2O2. The van der Waals surface area contributed by atoms with Crippen LogP contribution in [0.15, 0.2) is 54.6 Å². The number of benzene rings is 2. The quantitative estimate of drug-likeness (QED) is 0.907. The summed E-state index contributed by atoms with van der Waals surface area (Å²) in [5.41, 5.74) is 8.76. The van der Waals surface area contributed by atoms with Crippen LogP contribution in [0.5, 0.6) is 0 Å². The lowest BCUT2D eigenvalue weighted by Gasteiger charge is -2.16. The lowest BCUT2D eigenvalue weighted by atomic mass is 10.0. The highest BCUT2D eigenvalue weighted by molar-refractivity contribution is 5.97. The molecule has 2 atom stereocenters. The molecule has 108 valence electrons. The van der Waals surface area contributed by atoms with Crippen LogP contribution in [-0.4, -0.2) is 25.2 Å². The number of ether oxygens (including phenoxy) is 1. The number of rotatable bonds is 3. The number of carbonyl (C=O) groups excluding carboxylic acids is 1. The second kappa shape index (κ2) is 6.08. The number of carbonyl (C=O) groups is 1. The van der Waals surface area contributed by atoms with Gasteiger partial charge in [0.05, 0.1) is 19.1 Å². The van der Waals surface area contributed by atoms with Crippen LogP contribution in [0.2, 0.25) is 0 Å². The van der Waals surface area contributed by atoms with E-state index in [0.29, 0.717) is 13.2 Å².